The zero-order valence-electron chi connectivity index (χ0n) is 13.3. The van der Waals surface area contributed by atoms with Crippen LogP contribution in [0.15, 0.2) is 42.7 Å². The largest absolute Gasteiger partial charge is 0.374 e. The van der Waals surface area contributed by atoms with Gasteiger partial charge in [0.1, 0.15) is 5.82 Å². The minimum atomic E-state index is 0.541. The third-order valence-corrected chi connectivity index (χ3v) is 5.89. The maximum Gasteiger partial charge on any atom is 0.123 e. The summed E-state index contributed by atoms with van der Waals surface area (Å²) < 4.78 is 8.36. The third-order valence-electron chi connectivity index (χ3n) is 5.89. The van der Waals surface area contributed by atoms with Crippen LogP contribution in [0.2, 0.25) is 0 Å². The Morgan fingerprint density at radius 1 is 1.00 bits per heavy atom. The average Bonchev–Trinajstić information content (AvgIpc) is 3.31. The van der Waals surface area contributed by atoms with E-state index in [0.717, 1.165) is 24.9 Å². The maximum atomic E-state index is 6.08. The maximum absolute atomic E-state index is 6.08. The molecule has 0 N–H and O–H groups in total. The molecule has 3 fully saturated rings. The van der Waals surface area contributed by atoms with Gasteiger partial charge in [-0.3, -0.25) is 4.90 Å². The normalized spacial score (nSPS) is 32.5. The second-order valence-electron chi connectivity index (χ2n) is 7.27. The lowest BCUT2D eigenvalue weighted by Gasteiger charge is -2.18. The van der Waals surface area contributed by atoms with Crippen molar-refractivity contribution in [2.24, 2.45) is 11.8 Å². The Morgan fingerprint density at radius 3 is 2.48 bits per heavy atom. The quantitative estimate of drug-likeness (QED) is 0.869. The summed E-state index contributed by atoms with van der Waals surface area (Å²) in [5.41, 5.74) is 1.33. The molecular formula is C19H23N3O. The topological polar surface area (TPSA) is 30.3 Å². The van der Waals surface area contributed by atoms with Crippen molar-refractivity contribution in [3.63, 3.8) is 0 Å². The van der Waals surface area contributed by atoms with Crippen LogP contribution < -0.4 is 0 Å². The van der Waals surface area contributed by atoms with Crippen molar-refractivity contribution in [3.8, 4) is 0 Å². The van der Waals surface area contributed by atoms with Crippen LogP contribution in [0.5, 0.6) is 0 Å². The number of aromatic nitrogens is 2. The average molecular weight is 309 g/mol. The highest BCUT2D eigenvalue weighted by Gasteiger charge is 2.52. The van der Waals surface area contributed by atoms with E-state index in [9.17, 15) is 0 Å². The first-order valence-corrected chi connectivity index (χ1v) is 8.78. The summed E-state index contributed by atoms with van der Waals surface area (Å²) >= 11 is 0. The molecule has 3 aliphatic rings. The fraction of sp³-hybridized carbons (Fsp3) is 0.526. The van der Waals surface area contributed by atoms with E-state index in [0.29, 0.717) is 12.2 Å². The Balaban J connectivity index is 1.28. The summed E-state index contributed by atoms with van der Waals surface area (Å²) in [4.78, 5) is 7.20. The number of nitrogens with zero attached hydrogens (tertiary/aromatic N) is 3. The monoisotopic (exact) mass is 309 g/mol. The summed E-state index contributed by atoms with van der Waals surface area (Å²) in [5, 5.41) is 0. The minimum Gasteiger partial charge on any atom is -0.374 e. The van der Waals surface area contributed by atoms with Crippen LogP contribution in [0, 0.1) is 11.8 Å². The minimum absolute atomic E-state index is 0.541. The molecule has 1 aromatic heterocycles. The Hall–Kier alpha value is -1.65. The zero-order valence-corrected chi connectivity index (χ0v) is 13.3. The second kappa shape index (κ2) is 5.46. The number of benzene rings is 1. The molecule has 0 saturated carbocycles. The van der Waals surface area contributed by atoms with Crippen molar-refractivity contribution in [3.05, 3.63) is 54.1 Å². The van der Waals surface area contributed by atoms with Crippen molar-refractivity contribution < 1.29 is 4.74 Å². The van der Waals surface area contributed by atoms with E-state index in [2.05, 4.69) is 51.0 Å². The molecule has 3 saturated heterocycles. The Bertz CT molecular complexity index is 665. The van der Waals surface area contributed by atoms with Crippen molar-refractivity contribution >= 4 is 0 Å². The van der Waals surface area contributed by atoms with Crippen molar-refractivity contribution in [1.29, 1.82) is 0 Å². The number of imidazole rings is 1. The summed E-state index contributed by atoms with van der Waals surface area (Å²) in [7, 11) is 0. The van der Waals surface area contributed by atoms with E-state index >= 15 is 0 Å². The van der Waals surface area contributed by atoms with E-state index in [1.807, 2.05) is 6.20 Å². The summed E-state index contributed by atoms with van der Waals surface area (Å²) in [6.07, 6.45) is 7.68. The predicted octanol–water partition coefficient (Wildman–Crippen LogP) is 2.54. The fourth-order valence-electron chi connectivity index (χ4n) is 4.79. The zero-order chi connectivity index (χ0) is 15.2. The van der Waals surface area contributed by atoms with Crippen LogP contribution >= 0.6 is 0 Å². The summed E-state index contributed by atoms with van der Waals surface area (Å²) in [6, 6.07) is 10.6. The molecule has 4 unspecified atom stereocenters. The molecular weight excluding hydrogens is 286 g/mol. The smallest absolute Gasteiger partial charge is 0.123 e. The van der Waals surface area contributed by atoms with Crippen molar-refractivity contribution in [1.82, 2.24) is 14.5 Å². The first-order valence-electron chi connectivity index (χ1n) is 8.78. The van der Waals surface area contributed by atoms with Crippen LogP contribution in [0.1, 0.15) is 24.2 Å². The molecule has 4 atom stereocenters. The van der Waals surface area contributed by atoms with Crippen LogP contribution in [0.3, 0.4) is 0 Å². The molecule has 3 aliphatic heterocycles. The van der Waals surface area contributed by atoms with Gasteiger partial charge < -0.3 is 9.30 Å². The van der Waals surface area contributed by atoms with Crippen LogP contribution in [0.25, 0.3) is 0 Å². The predicted molar refractivity (Wildman–Crippen MR) is 87.9 cm³/mol. The van der Waals surface area contributed by atoms with Gasteiger partial charge in [0.25, 0.3) is 0 Å². The number of hydrogen-bond donors (Lipinski definition) is 0. The van der Waals surface area contributed by atoms with Crippen molar-refractivity contribution in [2.45, 2.75) is 38.1 Å². The molecule has 4 heterocycles. The number of likely N-dealkylation sites (tertiary alicyclic amines) is 1. The lowest BCUT2D eigenvalue weighted by atomic mass is 9.82. The molecule has 4 heteroatoms. The Labute approximate surface area is 137 Å². The van der Waals surface area contributed by atoms with E-state index < -0.39 is 0 Å². The Morgan fingerprint density at radius 2 is 1.74 bits per heavy atom. The molecule has 1 aromatic carbocycles. The highest BCUT2D eigenvalue weighted by atomic mass is 16.5. The van der Waals surface area contributed by atoms with Gasteiger partial charge in [0.05, 0.1) is 18.8 Å². The fourth-order valence-corrected chi connectivity index (χ4v) is 4.79. The lowest BCUT2D eigenvalue weighted by Crippen LogP contribution is -2.26. The van der Waals surface area contributed by atoms with Gasteiger partial charge in [-0.1, -0.05) is 30.3 Å². The first kappa shape index (κ1) is 13.8. The number of ether oxygens (including phenoxy) is 1. The molecule has 4 nitrogen and oxygen atoms in total. The van der Waals surface area contributed by atoms with Gasteiger partial charge in [-0.15, -0.1) is 0 Å². The van der Waals surface area contributed by atoms with E-state index in [4.69, 9.17) is 4.74 Å². The molecule has 23 heavy (non-hydrogen) atoms. The molecule has 0 aliphatic carbocycles. The van der Waals surface area contributed by atoms with Gasteiger partial charge in [-0.2, -0.15) is 0 Å². The molecule has 0 spiro atoms. The van der Waals surface area contributed by atoms with Gasteiger partial charge >= 0.3 is 0 Å². The van der Waals surface area contributed by atoms with E-state index in [1.54, 1.807) is 0 Å². The summed E-state index contributed by atoms with van der Waals surface area (Å²) in [6.45, 7) is 4.24. The summed E-state index contributed by atoms with van der Waals surface area (Å²) in [5.74, 6) is 2.72. The number of hydrogen-bond acceptors (Lipinski definition) is 3. The van der Waals surface area contributed by atoms with E-state index in [1.165, 1.54) is 37.3 Å². The van der Waals surface area contributed by atoms with Gasteiger partial charge in [-0.05, 0) is 18.4 Å². The molecule has 2 aromatic rings. The first-order chi connectivity index (χ1) is 11.4. The SMILES string of the molecule is c1ccc(Cn2ccnc2CN2CC3C4CCC(O4)C3C2)cc1. The molecule has 0 radical (unpaired) electrons. The standard InChI is InChI=1S/C19H23N3O/c1-2-4-14(5-3-1)10-22-9-8-20-19(22)13-21-11-15-16(12-21)18-7-6-17(15)23-18/h1-5,8-9,15-18H,6-7,10-13H2. The van der Waals surface area contributed by atoms with Crippen LogP contribution in [-0.4, -0.2) is 39.7 Å². The van der Waals surface area contributed by atoms with Gasteiger partial charge in [-0.25, -0.2) is 4.98 Å². The second-order valence-corrected chi connectivity index (χ2v) is 7.27. The van der Waals surface area contributed by atoms with Crippen LogP contribution in [0.4, 0.5) is 0 Å². The molecule has 120 valence electrons. The van der Waals surface area contributed by atoms with E-state index in [-0.39, 0.29) is 0 Å². The Kier molecular flexibility index (Phi) is 3.27. The number of fused-ring (bicyclic) bond motifs is 5. The number of rotatable bonds is 4. The highest BCUT2D eigenvalue weighted by molar-refractivity contribution is 5.16. The third kappa shape index (κ3) is 2.41. The molecule has 2 bridgehead atoms. The highest BCUT2D eigenvalue weighted by Crippen LogP contribution is 2.47. The molecule has 0 amide bonds. The van der Waals surface area contributed by atoms with Gasteiger partial charge in [0.15, 0.2) is 0 Å². The van der Waals surface area contributed by atoms with Gasteiger partial charge in [0.2, 0.25) is 0 Å². The van der Waals surface area contributed by atoms with Crippen LogP contribution in [-0.2, 0) is 17.8 Å². The lowest BCUT2D eigenvalue weighted by molar-refractivity contribution is 0.0692. The van der Waals surface area contributed by atoms with Crippen molar-refractivity contribution in [2.75, 3.05) is 13.1 Å². The molecule has 5 rings (SSSR count). The van der Waals surface area contributed by atoms with Gasteiger partial charge in [0, 0.05) is 43.9 Å².